The molecule has 0 spiro atoms. The summed E-state index contributed by atoms with van der Waals surface area (Å²) in [5, 5.41) is 0.604. The van der Waals surface area contributed by atoms with Crippen LogP contribution >= 0.6 is 11.3 Å². The lowest BCUT2D eigenvalue weighted by atomic mass is 9.91. The number of hydrogen-bond donors (Lipinski definition) is 0. The van der Waals surface area contributed by atoms with Gasteiger partial charge in [0.1, 0.15) is 0 Å². The Morgan fingerprint density at radius 2 is 1.80 bits per heavy atom. The summed E-state index contributed by atoms with van der Waals surface area (Å²) in [5.41, 5.74) is -0.570. The zero-order valence-corrected chi connectivity index (χ0v) is 15.8. The predicted octanol–water partition coefficient (Wildman–Crippen LogP) is 2.71. The maximum atomic E-state index is 12.6. The van der Waals surface area contributed by atoms with Crippen LogP contribution in [0.25, 0.3) is 10.1 Å². The van der Waals surface area contributed by atoms with Crippen molar-refractivity contribution in [2.75, 3.05) is 13.1 Å². The van der Waals surface area contributed by atoms with E-state index in [4.69, 9.17) is 0 Å². The molecule has 2 heterocycles. The van der Waals surface area contributed by atoms with E-state index in [1.165, 1.54) is 4.57 Å². The highest BCUT2D eigenvalue weighted by Crippen LogP contribution is 2.24. The maximum absolute atomic E-state index is 12.6. The first kappa shape index (κ1) is 17.9. The average Bonchev–Trinajstić information content (AvgIpc) is 2.58. The molecule has 0 aliphatic carbocycles. The molecule has 0 bridgehead atoms. The summed E-state index contributed by atoms with van der Waals surface area (Å²) in [6.07, 6.45) is 1.65. The molecule has 0 N–H and O–H groups in total. The van der Waals surface area contributed by atoms with Gasteiger partial charge in [0.25, 0.3) is 5.56 Å². The molecule has 0 atom stereocenters. The molecular formula is C19H24N2O3S. The molecule has 1 saturated heterocycles. The van der Waals surface area contributed by atoms with Crippen molar-refractivity contribution in [3.63, 3.8) is 0 Å². The molecule has 1 aliphatic heterocycles. The number of amides is 1. The van der Waals surface area contributed by atoms with E-state index in [-0.39, 0.29) is 27.7 Å². The summed E-state index contributed by atoms with van der Waals surface area (Å²) in [5.74, 6) is 0.420. The molecule has 0 saturated carbocycles. The van der Waals surface area contributed by atoms with Crippen LogP contribution in [0, 0.1) is 11.3 Å². The van der Waals surface area contributed by atoms with Gasteiger partial charge in [-0.2, -0.15) is 0 Å². The molecule has 0 unspecified atom stereocenters. The predicted molar refractivity (Wildman–Crippen MR) is 101 cm³/mol. The molecule has 1 aliphatic rings. The summed E-state index contributed by atoms with van der Waals surface area (Å²) in [4.78, 5) is 39.0. The van der Waals surface area contributed by atoms with Crippen LogP contribution in [-0.2, 0) is 11.3 Å². The van der Waals surface area contributed by atoms with E-state index in [9.17, 15) is 14.4 Å². The molecule has 1 aromatic heterocycles. The summed E-state index contributed by atoms with van der Waals surface area (Å²) >= 11 is 1.12. The summed E-state index contributed by atoms with van der Waals surface area (Å²) in [6, 6.07) is 7.24. The maximum Gasteiger partial charge on any atom is 0.310 e. The fraction of sp³-hybridized carbons (Fsp3) is 0.526. The van der Waals surface area contributed by atoms with Crippen LogP contribution in [0.15, 0.2) is 33.9 Å². The Morgan fingerprint density at radius 3 is 2.44 bits per heavy atom. The number of fused-ring (bicyclic) bond motifs is 1. The summed E-state index contributed by atoms with van der Waals surface area (Å²) in [6.45, 7) is 7.63. The van der Waals surface area contributed by atoms with Crippen LogP contribution in [0.3, 0.4) is 0 Å². The molecule has 3 rings (SSSR count). The van der Waals surface area contributed by atoms with E-state index < -0.39 is 0 Å². The number of nitrogens with zero attached hydrogens (tertiary/aromatic N) is 2. The zero-order valence-electron chi connectivity index (χ0n) is 14.9. The number of carbonyl (C=O) groups excluding carboxylic acids is 1. The van der Waals surface area contributed by atoms with E-state index in [1.54, 1.807) is 6.07 Å². The standard InChI is InChI=1S/C19H24N2O3S/c1-19(2,3)17(23)20-10-8-13(9-11-20)12-21-16(22)14-6-4-5-7-15(14)25-18(21)24/h4-7,13H,8-12H2,1-3H3. The highest BCUT2D eigenvalue weighted by atomic mass is 32.1. The quantitative estimate of drug-likeness (QED) is 0.827. The Kier molecular flexibility index (Phi) is 4.82. The van der Waals surface area contributed by atoms with Gasteiger partial charge in [-0.05, 0) is 30.9 Å². The van der Waals surface area contributed by atoms with Crippen molar-refractivity contribution in [1.29, 1.82) is 0 Å². The number of piperidine rings is 1. The highest BCUT2D eigenvalue weighted by molar-refractivity contribution is 7.16. The van der Waals surface area contributed by atoms with Gasteiger partial charge >= 0.3 is 4.87 Å². The van der Waals surface area contributed by atoms with E-state index >= 15 is 0 Å². The molecule has 1 amide bonds. The lowest BCUT2D eigenvalue weighted by Gasteiger charge is -2.35. The van der Waals surface area contributed by atoms with E-state index in [2.05, 4.69) is 0 Å². The topological polar surface area (TPSA) is 59.4 Å². The molecule has 1 fully saturated rings. The number of likely N-dealkylation sites (tertiary alicyclic amines) is 1. The third-order valence-electron chi connectivity index (χ3n) is 4.76. The third kappa shape index (κ3) is 3.68. The summed E-state index contributed by atoms with van der Waals surface area (Å²) < 4.78 is 2.11. The molecule has 1 aromatic carbocycles. The molecule has 2 aromatic rings. The first-order chi connectivity index (χ1) is 11.8. The summed E-state index contributed by atoms with van der Waals surface area (Å²) in [7, 11) is 0. The van der Waals surface area contributed by atoms with Crippen LogP contribution in [0.4, 0.5) is 0 Å². The lowest BCUT2D eigenvalue weighted by molar-refractivity contribution is -0.140. The fourth-order valence-corrected chi connectivity index (χ4v) is 4.19. The average molecular weight is 360 g/mol. The normalized spacial score (nSPS) is 16.4. The van der Waals surface area contributed by atoms with E-state index in [0.29, 0.717) is 25.0 Å². The first-order valence-electron chi connectivity index (χ1n) is 8.69. The van der Waals surface area contributed by atoms with Crippen LogP contribution < -0.4 is 10.4 Å². The number of carbonyl (C=O) groups is 1. The fourth-order valence-electron chi connectivity index (χ4n) is 3.32. The Labute approximate surface area is 150 Å². The van der Waals surface area contributed by atoms with Gasteiger partial charge in [-0.25, -0.2) is 0 Å². The van der Waals surface area contributed by atoms with Crippen LogP contribution in [0.1, 0.15) is 33.6 Å². The van der Waals surface area contributed by atoms with Gasteiger partial charge in [0, 0.05) is 29.7 Å². The van der Waals surface area contributed by atoms with Gasteiger partial charge < -0.3 is 4.90 Å². The second kappa shape index (κ2) is 6.75. The van der Waals surface area contributed by atoms with Crippen molar-refractivity contribution < 1.29 is 4.79 Å². The minimum absolute atomic E-state index is 0.167. The number of benzene rings is 1. The van der Waals surface area contributed by atoms with Crippen molar-refractivity contribution in [2.24, 2.45) is 11.3 Å². The molecule has 0 radical (unpaired) electrons. The first-order valence-corrected chi connectivity index (χ1v) is 9.51. The monoisotopic (exact) mass is 360 g/mol. The molecule has 134 valence electrons. The second-order valence-corrected chi connectivity index (χ2v) is 8.76. The molecule has 25 heavy (non-hydrogen) atoms. The van der Waals surface area contributed by atoms with Crippen molar-refractivity contribution >= 4 is 27.3 Å². The highest BCUT2D eigenvalue weighted by Gasteiger charge is 2.30. The van der Waals surface area contributed by atoms with Crippen LogP contribution in [-0.4, -0.2) is 28.5 Å². The van der Waals surface area contributed by atoms with Gasteiger partial charge in [-0.1, -0.05) is 44.2 Å². The number of aromatic nitrogens is 1. The smallest absolute Gasteiger partial charge is 0.310 e. The van der Waals surface area contributed by atoms with Crippen molar-refractivity contribution in [1.82, 2.24) is 9.47 Å². The Hall–Kier alpha value is -1.95. The van der Waals surface area contributed by atoms with Gasteiger partial charge in [0.2, 0.25) is 5.91 Å². The zero-order chi connectivity index (χ0) is 18.2. The van der Waals surface area contributed by atoms with Gasteiger partial charge in [0.05, 0.1) is 5.39 Å². The van der Waals surface area contributed by atoms with E-state index in [1.807, 2.05) is 43.9 Å². The minimum Gasteiger partial charge on any atom is -0.342 e. The van der Waals surface area contributed by atoms with Gasteiger partial charge in [-0.15, -0.1) is 0 Å². The van der Waals surface area contributed by atoms with Crippen LogP contribution in [0.5, 0.6) is 0 Å². The SMILES string of the molecule is CC(C)(C)C(=O)N1CCC(Cn2c(=O)sc3ccccc3c2=O)CC1. The molecule has 5 nitrogen and oxygen atoms in total. The van der Waals surface area contributed by atoms with Gasteiger partial charge in [-0.3, -0.25) is 19.0 Å². The third-order valence-corrected chi connectivity index (χ3v) is 5.74. The molecular weight excluding hydrogens is 336 g/mol. The van der Waals surface area contributed by atoms with Crippen molar-refractivity contribution in [2.45, 2.75) is 40.2 Å². The number of hydrogen-bond acceptors (Lipinski definition) is 4. The Bertz CT molecular complexity index is 899. The minimum atomic E-state index is -0.369. The van der Waals surface area contributed by atoms with Crippen molar-refractivity contribution in [3.8, 4) is 0 Å². The Morgan fingerprint density at radius 1 is 1.16 bits per heavy atom. The largest absolute Gasteiger partial charge is 0.342 e. The lowest BCUT2D eigenvalue weighted by Crippen LogP contribution is -2.45. The van der Waals surface area contributed by atoms with Gasteiger partial charge in [0.15, 0.2) is 0 Å². The number of rotatable bonds is 2. The Balaban J connectivity index is 1.75. The van der Waals surface area contributed by atoms with E-state index in [0.717, 1.165) is 28.9 Å². The van der Waals surface area contributed by atoms with Crippen molar-refractivity contribution in [3.05, 3.63) is 44.3 Å². The van der Waals surface area contributed by atoms with Crippen LogP contribution in [0.2, 0.25) is 0 Å². The second-order valence-electron chi connectivity index (χ2n) is 7.77. The molecule has 6 heteroatoms.